The van der Waals surface area contributed by atoms with Gasteiger partial charge in [0.05, 0.1) is 0 Å². The molecule has 1 nitrogen and oxygen atoms in total. The van der Waals surface area contributed by atoms with E-state index in [4.69, 9.17) is 5.73 Å². The molecule has 0 aliphatic carbocycles. The lowest BCUT2D eigenvalue weighted by Crippen LogP contribution is -2.09. The average Bonchev–Trinajstić information content (AvgIpc) is 2.13. The lowest BCUT2D eigenvalue weighted by atomic mass is 9.97. The number of thiol groups is 1. The number of nitrogens with two attached hydrogens (primary N) is 1. The van der Waals surface area contributed by atoms with E-state index < -0.39 is 0 Å². The zero-order valence-electron chi connectivity index (χ0n) is 8.46. The summed E-state index contributed by atoms with van der Waals surface area (Å²) in [6.45, 7) is 7.00. The van der Waals surface area contributed by atoms with Gasteiger partial charge in [-0.1, -0.05) is 12.1 Å². The Morgan fingerprint density at radius 3 is 2.38 bits per heavy atom. The summed E-state index contributed by atoms with van der Waals surface area (Å²) in [5.41, 5.74) is 10.9. The van der Waals surface area contributed by atoms with Gasteiger partial charge < -0.3 is 5.73 Å². The Kier molecular flexibility index (Phi) is 3.40. The van der Waals surface area contributed by atoms with Crippen molar-refractivity contribution in [1.29, 1.82) is 0 Å². The summed E-state index contributed by atoms with van der Waals surface area (Å²) in [4.78, 5) is 0. The molecule has 1 atom stereocenters. The number of aryl methyl sites for hydroxylation is 1. The second-order valence-corrected chi connectivity index (χ2v) is 4.10. The van der Waals surface area contributed by atoms with E-state index in [0.29, 0.717) is 6.54 Å². The monoisotopic (exact) mass is 195 g/mol. The molecule has 13 heavy (non-hydrogen) atoms. The Bertz CT molecular complexity index is 307. The highest BCUT2D eigenvalue weighted by molar-refractivity contribution is 7.80. The maximum absolute atomic E-state index is 5.58. The normalized spacial score (nSPS) is 13.0. The molecule has 2 N–H and O–H groups in total. The topological polar surface area (TPSA) is 26.0 Å². The van der Waals surface area contributed by atoms with Gasteiger partial charge in [0, 0.05) is 11.8 Å². The average molecular weight is 195 g/mol. The standard InChI is InChI=1S/C11H17NS/c1-7-4-5-10(11(13)6-12)9(3)8(7)2/h4-5,11,13H,6,12H2,1-3H3. The molecule has 1 unspecified atom stereocenters. The van der Waals surface area contributed by atoms with Crippen LogP contribution in [0.2, 0.25) is 0 Å². The van der Waals surface area contributed by atoms with Crippen LogP contribution in [-0.2, 0) is 0 Å². The Balaban J connectivity index is 3.18. The summed E-state index contributed by atoms with van der Waals surface area (Å²) in [6, 6.07) is 4.26. The molecule has 0 radical (unpaired) electrons. The third kappa shape index (κ3) is 2.06. The summed E-state index contributed by atoms with van der Waals surface area (Å²) < 4.78 is 0. The Morgan fingerprint density at radius 1 is 1.23 bits per heavy atom. The highest BCUT2D eigenvalue weighted by Gasteiger charge is 2.09. The fourth-order valence-electron chi connectivity index (χ4n) is 1.46. The first-order valence-electron chi connectivity index (χ1n) is 4.52. The number of hydrogen-bond acceptors (Lipinski definition) is 2. The molecule has 0 saturated heterocycles. The van der Waals surface area contributed by atoms with Crippen LogP contribution in [0.1, 0.15) is 27.5 Å². The van der Waals surface area contributed by atoms with Crippen LogP contribution in [0.3, 0.4) is 0 Å². The molecule has 0 aliphatic heterocycles. The van der Waals surface area contributed by atoms with Crippen molar-refractivity contribution < 1.29 is 0 Å². The summed E-state index contributed by atoms with van der Waals surface area (Å²) in [5.74, 6) is 0. The number of hydrogen-bond donors (Lipinski definition) is 2. The smallest absolute Gasteiger partial charge is 0.0392 e. The zero-order valence-corrected chi connectivity index (χ0v) is 9.36. The maximum Gasteiger partial charge on any atom is 0.0392 e. The zero-order chi connectivity index (χ0) is 10.0. The second-order valence-electron chi connectivity index (χ2n) is 3.47. The minimum absolute atomic E-state index is 0.166. The molecule has 72 valence electrons. The molecule has 0 amide bonds. The van der Waals surface area contributed by atoms with Gasteiger partial charge in [0.2, 0.25) is 0 Å². The van der Waals surface area contributed by atoms with Crippen molar-refractivity contribution in [2.24, 2.45) is 5.73 Å². The van der Waals surface area contributed by atoms with E-state index in [9.17, 15) is 0 Å². The van der Waals surface area contributed by atoms with Crippen molar-refractivity contribution in [3.63, 3.8) is 0 Å². The van der Waals surface area contributed by atoms with Crippen molar-refractivity contribution in [3.05, 3.63) is 34.4 Å². The van der Waals surface area contributed by atoms with Gasteiger partial charge in [-0.05, 0) is 43.0 Å². The van der Waals surface area contributed by atoms with Crippen LogP contribution >= 0.6 is 12.6 Å². The van der Waals surface area contributed by atoms with Gasteiger partial charge in [0.1, 0.15) is 0 Å². The Morgan fingerprint density at radius 2 is 1.85 bits per heavy atom. The molecule has 0 bridgehead atoms. The predicted molar refractivity (Wildman–Crippen MR) is 61.4 cm³/mol. The third-order valence-electron chi connectivity index (χ3n) is 2.68. The Labute approximate surface area is 85.8 Å². The van der Waals surface area contributed by atoms with Gasteiger partial charge in [-0.15, -0.1) is 0 Å². The molecule has 0 saturated carbocycles. The first-order chi connectivity index (χ1) is 6.07. The molecule has 1 aromatic rings. The highest BCUT2D eigenvalue weighted by atomic mass is 32.1. The quantitative estimate of drug-likeness (QED) is 0.697. The van der Waals surface area contributed by atoms with Crippen LogP contribution in [0, 0.1) is 20.8 Å². The van der Waals surface area contributed by atoms with E-state index in [0.717, 1.165) is 0 Å². The van der Waals surface area contributed by atoms with E-state index in [1.807, 2.05) is 0 Å². The molecule has 0 aliphatic rings. The fraction of sp³-hybridized carbons (Fsp3) is 0.455. The predicted octanol–water partition coefficient (Wildman–Crippen LogP) is 2.54. The lowest BCUT2D eigenvalue weighted by molar-refractivity contribution is 0.933. The molecule has 0 fully saturated rings. The van der Waals surface area contributed by atoms with Crippen LogP contribution in [0.5, 0.6) is 0 Å². The summed E-state index contributed by atoms with van der Waals surface area (Å²) in [7, 11) is 0. The molecule has 1 aromatic carbocycles. The minimum Gasteiger partial charge on any atom is -0.329 e. The van der Waals surface area contributed by atoms with E-state index in [1.54, 1.807) is 0 Å². The van der Waals surface area contributed by atoms with Gasteiger partial charge in [0.15, 0.2) is 0 Å². The van der Waals surface area contributed by atoms with E-state index >= 15 is 0 Å². The summed E-state index contributed by atoms with van der Waals surface area (Å²) >= 11 is 4.45. The molecule has 0 spiro atoms. The van der Waals surface area contributed by atoms with E-state index in [-0.39, 0.29) is 5.25 Å². The minimum atomic E-state index is 0.166. The van der Waals surface area contributed by atoms with Gasteiger partial charge in [-0.25, -0.2) is 0 Å². The third-order valence-corrected chi connectivity index (χ3v) is 3.17. The molecule has 2 heteroatoms. The van der Waals surface area contributed by atoms with Crippen molar-refractivity contribution in [3.8, 4) is 0 Å². The first kappa shape index (κ1) is 10.6. The molecule has 1 rings (SSSR count). The highest BCUT2D eigenvalue weighted by Crippen LogP contribution is 2.25. The molecular formula is C11H17NS. The summed E-state index contributed by atoms with van der Waals surface area (Å²) in [5, 5.41) is 0.166. The summed E-state index contributed by atoms with van der Waals surface area (Å²) in [6.07, 6.45) is 0. The van der Waals surface area contributed by atoms with Crippen molar-refractivity contribution >= 4 is 12.6 Å². The van der Waals surface area contributed by atoms with Gasteiger partial charge in [0.25, 0.3) is 0 Å². The van der Waals surface area contributed by atoms with E-state index in [1.165, 1.54) is 22.3 Å². The van der Waals surface area contributed by atoms with Crippen LogP contribution < -0.4 is 5.73 Å². The second kappa shape index (κ2) is 4.16. The SMILES string of the molecule is Cc1ccc(C(S)CN)c(C)c1C. The van der Waals surface area contributed by atoms with Gasteiger partial charge >= 0.3 is 0 Å². The fourth-order valence-corrected chi connectivity index (χ4v) is 1.74. The van der Waals surface area contributed by atoms with Crippen molar-refractivity contribution in [2.45, 2.75) is 26.0 Å². The van der Waals surface area contributed by atoms with Crippen LogP contribution in [0.4, 0.5) is 0 Å². The largest absolute Gasteiger partial charge is 0.329 e. The van der Waals surface area contributed by atoms with Crippen molar-refractivity contribution in [2.75, 3.05) is 6.54 Å². The van der Waals surface area contributed by atoms with Crippen LogP contribution in [0.25, 0.3) is 0 Å². The lowest BCUT2D eigenvalue weighted by Gasteiger charge is -2.15. The molecular weight excluding hydrogens is 178 g/mol. The van der Waals surface area contributed by atoms with Crippen molar-refractivity contribution in [1.82, 2.24) is 0 Å². The van der Waals surface area contributed by atoms with Gasteiger partial charge in [-0.3, -0.25) is 0 Å². The van der Waals surface area contributed by atoms with Crippen LogP contribution in [-0.4, -0.2) is 6.54 Å². The van der Waals surface area contributed by atoms with Crippen LogP contribution in [0.15, 0.2) is 12.1 Å². The molecule has 0 aromatic heterocycles. The van der Waals surface area contributed by atoms with Gasteiger partial charge in [-0.2, -0.15) is 12.6 Å². The Hall–Kier alpha value is -0.470. The first-order valence-corrected chi connectivity index (χ1v) is 5.04. The molecule has 0 heterocycles. The number of rotatable bonds is 2. The maximum atomic E-state index is 5.58. The number of benzene rings is 1. The van der Waals surface area contributed by atoms with E-state index in [2.05, 4.69) is 45.5 Å².